The molecule has 4 heteroatoms. The van der Waals surface area contributed by atoms with Gasteiger partial charge in [0.25, 0.3) is 0 Å². The predicted molar refractivity (Wildman–Crippen MR) is 58.4 cm³/mol. The Morgan fingerprint density at radius 3 is 3.06 bits per heavy atom. The van der Waals surface area contributed by atoms with Crippen molar-refractivity contribution in [3.63, 3.8) is 0 Å². The zero-order valence-corrected chi connectivity index (χ0v) is 9.26. The normalized spacial score (nSPS) is 28.9. The summed E-state index contributed by atoms with van der Waals surface area (Å²) in [5.41, 5.74) is 0. The van der Waals surface area contributed by atoms with Crippen molar-refractivity contribution in [1.82, 2.24) is 0 Å². The Labute approximate surface area is 95.1 Å². The summed E-state index contributed by atoms with van der Waals surface area (Å²) in [6.45, 7) is 5.20. The molecule has 0 bridgehead atoms. The average Bonchev–Trinajstić information content (AvgIpc) is 2.66. The Morgan fingerprint density at radius 1 is 1.75 bits per heavy atom. The second-order valence-corrected chi connectivity index (χ2v) is 3.58. The zero-order chi connectivity index (χ0) is 12.0. The van der Waals surface area contributed by atoms with Crippen molar-refractivity contribution in [2.75, 3.05) is 6.61 Å². The lowest BCUT2D eigenvalue weighted by Gasteiger charge is -2.07. The second kappa shape index (κ2) is 6.09. The van der Waals surface area contributed by atoms with Gasteiger partial charge in [-0.2, -0.15) is 5.26 Å². The molecular weight excluding hydrogens is 206 g/mol. The van der Waals surface area contributed by atoms with E-state index in [1.807, 2.05) is 0 Å². The molecule has 0 radical (unpaired) electrons. The Balaban J connectivity index is 2.44. The highest BCUT2D eigenvalue weighted by atomic mass is 16.5. The lowest BCUT2D eigenvalue weighted by atomic mass is 10.0. The van der Waals surface area contributed by atoms with Crippen LogP contribution < -0.4 is 0 Å². The molecule has 1 fully saturated rings. The fourth-order valence-corrected chi connectivity index (χ4v) is 1.55. The van der Waals surface area contributed by atoms with Crippen LogP contribution in [0.15, 0.2) is 24.8 Å². The first-order chi connectivity index (χ1) is 7.67. The standard InChI is InChI=1S/C12H15NO3/c1-3-11-7-10(8-13)12(16-11)5-4-6-15-9(2)14/h3-5,10-12H,1,6-7H2,2H3/b5-4+/t10-,11+,12-/m0/s1. The molecule has 3 atom stereocenters. The van der Waals surface area contributed by atoms with Crippen LogP contribution in [-0.2, 0) is 14.3 Å². The minimum Gasteiger partial charge on any atom is -0.462 e. The van der Waals surface area contributed by atoms with E-state index >= 15 is 0 Å². The molecule has 0 aromatic rings. The molecule has 0 amide bonds. The van der Waals surface area contributed by atoms with E-state index in [1.165, 1.54) is 6.92 Å². The third kappa shape index (κ3) is 3.52. The minimum absolute atomic E-state index is 0.0620. The molecule has 1 rings (SSSR count). The van der Waals surface area contributed by atoms with Gasteiger partial charge in [0, 0.05) is 6.92 Å². The predicted octanol–water partition coefficient (Wildman–Crippen LogP) is 1.59. The molecule has 0 saturated carbocycles. The molecule has 1 aliphatic rings. The number of rotatable bonds is 4. The lowest BCUT2D eigenvalue weighted by molar-refractivity contribution is -0.139. The number of nitriles is 1. The second-order valence-electron chi connectivity index (χ2n) is 3.58. The van der Waals surface area contributed by atoms with Crippen molar-refractivity contribution in [1.29, 1.82) is 5.26 Å². The first-order valence-electron chi connectivity index (χ1n) is 5.15. The van der Waals surface area contributed by atoms with Gasteiger partial charge in [0.1, 0.15) is 6.61 Å². The van der Waals surface area contributed by atoms with Gasteiger partial charge in [0.05, 0.1) is 24.2 Å². The number of esters is 1. The molecule has 0 aromatic carbocycles. The summed E-state index contributed by atoms with van der Waals surface area (Å²) in [5.74, 6) is -0.477. The SMILES string of the molecule is C=C[C@@H]1C[C@@H](C#N)[C@H](/C=C/COC(C)=O)O1. The summed E-state index contributed by atoms with van der Waals surface area (Å²) < 4.78 is 10.3. The van der Waals surface area contributed by atoms with Crippen molar-refractivity contribution < 1.29 is 14.3 Å². The quantitative estimate of drug-likeness (QED) is 0.534. The first-order valence-corrected chi connectivity index (χ1v) is 5.15. The van der Waals surface area contributed by atoms with Gasteiger partial charge in [-0.25, -0.2) is 0 Å². The highest BCUT2D eigenvalue weighted by Crippen LogP contribution is 2.27. The van der Waals surface area contributed by atoms with Gasteiger partial charge in [-0.05, 0) is 12.5 Å². The van der Waals surface area contributed by atoms with E-state index in [0.29, 0.717) is 6.42 Å². The molecule has 0 aliphatic carbocycles. The van der Waals surface area contributed by atoms with Crippen LogP contribution in [0.2, 0.25) is 0 Å². The van der Waals surface area contributed by atoms with E-state index in [1.54, 1.807) is 18.2 Å². The summed E-state index contributed by atoms with van der Waals surface area (Å²) in [7, 11) is 0. The maximum atomic E-state index is 10.5. The van der Waals surface area contributed by atoms with E-state index in [-0.39, 0.29) is 30.7 Å². The van der Waals surface area contributed by atoms with Gasteiger partial charge < -0.3 is 9.47 Å². The van der Waals surface area contributed by atoms with E-state index in [2.05, 4.69) is 12.6 Å². The molecule has 1 heterocycles. The van der Waals surface area contributed by atoms with Crippen molar-refractivity contribution in [2.24, 2.45) is 5.92 Å². The molecule has 0 aromatic heterocycles. The number of hydrogen-bond acceptors (Lipinski definition) is 4. The van der Waals surface area contributed by atoms with Gasteiger partial charge >= 0.3 is 5.97 Å². The van der Waals surface area contributed by atoms with Crippen LogP contribution in [0.5, 0.6) is 0 Å². The molecule has 1 saturated heterocycles. The van der Waals surface area contributed by atoms with Gasteiger partial charge in [0.15, 0.2) is 0 Å². The fraction of sp³-hybridized carbons (Fsp3) is 0.500. The molecule has 16 heavy (non-hydrogen) atoms. The number of nitrogens with zero attached hydrogens (tertiary/aromatic N) is 1. The van der Waals surface area contributed by atoms with Gasteiger partial charge in [0.2, 0.25) is 0 Å². The van der Waals surface area contributed by atoms with Crippen LogP contribution in [-0.4, -0.2) is 24.8 Å². The van der Waals surface area contributed by atoms with Crippen molar-refractivity contribution in [2.45, 2.75) is 25.6 Å². The molecule has 1 aliphatic heterocycles. The van der Waals surface area contributed by atoms with Crippen LogP contribution in [0.1, 0.15) is 13.3 Å². The van der Waals surface area contributed by atoms with Crippen molar-refractivity contribution in [3.8, 4) is 6.07 Å². The maximum Gasteiger partial charge on any atom is 0.302 e. The van der Waals surface area contributed by atoms with Crippen molar-refractivity contribution in [3.05, 3.63) is 24.8 Å². The largest absolute Gasteiger partial charge is 0.462 e. The Bertz CT molecular complexity index is 330. The molecule has 4 nitrogen and oxygen atoms in total. The third-order valence-electron chi connectivity index (χ3n) is 2.35. The van der Waals surface area contributed by atoms with Crippen LogP contribution in [0, 0.1) is 17.2 Å². The molecule has 0 spiro atoms. The van der Waals surface area contributed by atoms with Gasteiger partial charge in [-0.3, -0.25) is 4.79 Å². The van der Waals surface area contributed by atoms with Gasteiger partial charge in [-0.1, -0.05) is 12.2 Å². The monoisotopic (exact) mass is 221 g/mol. The molecule has 0 unspecified atom stereocenters. The summed E-state index contributed by atoms with van der Waals surface area (Å²) in [6, 6.07) is 2.20. The van der Waals surface area contributed by atoms with Crippen LogP contribution in [0.25, 0.3) is 0 Å². The van der Waals surface area contributed by atoms with Gasteiger partial charge in [-0.15, -0.1) is 6.58 Å². The zero-order valence-electron chi connectivity index (χ0n) is 9.26. The first kappa shape index (κ1) is 12.5. The van der Waals surface area contributed by atoms with E-state index in [4.69, 9.17) is 14.7 Å². The Kier molecular flexibility index (Phi) is 4.74. The molecule has 0 N–H and O–H groups in total. The van der Waals surface area contributed by atoms with Crippen LogP contribution in [0.3, 0.4) is 0 Å². The number of carbonyl (C=O) groups is 1. The Morgan fingerprint density at radius 2 is 2.50 bits per heavy atom. The third-order valence-corrected chi connectivity index (χ3v) is 2.35. The maximum absolute atomic E-state index is 10.5. The van der Waals surface area contributed by atoms with E-state index in [0.717, 1.165) is 0 Å². The Hall–Kier alpha value is -1.60. The summed E-state index contributed by atoms with van der Waals surface area (Å²) >= 11 is 0. The van der Waals surface area contributed by atoms with Crippen LogP contribution >= 0.6 is 0 Å². The summed E-state index contributed by atoms with van der Waals surface area (Å²) in [6.07, 6.45) is 5.53. The molecular formula is C12H15NO3. The topological polar surface area (TPSA) is 59.3 Å². The smallest absolute Gasteiger partial charge is 0.302 e. The summed E-state index contributed by atoms with van der Waals surface area (Å²) in [5, 5.41) is 8.91. The highest BCUT2D eigenvalue weighted by molar-refractivity contribution is 5.65. The minimum atomic E-state index is -0.321. The summed E-state index contributed by atoms with van der Waals surface area (Å²) in [4.78, 5) is 10.5. The number of hydrogen-bond donors (Lipinski definition) is 0. The number of ether oxygens (including phenoxy) is 2. The van der Waals surface area contributed by atoms with E-state index in [9.17, 15) is 4.79 Å². The fourth-order valence-electron chi connectivity index (χ4n) is 1.55. The highest BCUT2D eigenvalue weighted by Gasteiger charge is 2.31. The van der Waals surface area contributed by atoms with Crippen molar-refractivity contribution >= 4 is 5.97 Å². The lowest BCUT2D eigenvalue weighted by Crippen LogP contribution is -2.12. The number of carbonyl (C=O) groups excluding carboxylic acids is 1. The van der Waals surface area contributed by atoms with Crippen LogP contribution in [0.4, 0.5) is 0 Å². The molecule has 86 valence electrons. The van der Waals surface area contributed by atoms with E-state index < -0.39 is 0 Å². The average molecular weight is 221 g/mol.